The highest BCUT2D eigenvalue weighted by Gasteiger charge is 2.17. The number of hydrogen-bond donors (Lipinski definition) is 1. The summed E-state index contributed by atoms with van der Waals surface area (Å²) in [6, 6.07) is 5.17. The van der Waals surface area contributed by atoms with Gasteiger partial charge < -0.3 is 19.5 Å². The predicted molar refractivity (Wildman–Crippen MR) is 70.7 cm³/mol. The molecule has 1 unspecified atom stereocenters. The van der Waals surface area contributed by atoms with Crippen LogP contribution in [0.3, 0.4) is 0 Å². The average molecular weight is 265 g/mol. The fraction of sp³-hybridized carbons (Fsp3) is 0.500. The van der Waals surface area contributed by atoms with Gasteiger partial charge in [-0.25, -0.2) is 0 Å². The number of ether oxygens (including phenoxy) is 2. The fourth-order valence-electron chi connectivity index (χ4n) is 2.00. The van der Waals surface area contributed by atoms with Crippen molar-refractivity contribution < 1.29 is 19.4 Å². The summed E-state index contributed by atoms with van der Waals surface area (Å²) in [5.41, 5.74) is 0.535. The van der Waals surface area contributed by atoms with Crippen molar-refractivity contribution in [2.45, 2.75) is 19.4 Å². The monoisotopic (exact) mass is 265 g/mol. The van der Waals surface area contributed by atoms with Gasteiger partial charge in [0.05, 0.1) is 19.3 Å². The van der Waals surface area contributed by atoms with Crippen LogP contribution in [0.4, 0.5) is 0 Å². The van der Waals surface area contributed by atoms with Gasteiger partial charge in [0, 0.05) is 25.6 Å². The molecule has 1 amide bonds. The van der Waals surface area contributed by atoms with Crippen LogP contribution in [0.15, 0.2) is 18.2 Å². The summed E-state index contributed by atoms with van der Waals surface area (Å²) in [5, 5.41) is 9.31. The molecule has 1 atom stereocenters. The number of hydrogen-bond acceptors (Lipinski definition) is 4. The van der Waals surface area contributed by atoms with Crippen molar-refractivity contribution in [3.05, 3.63) is 23.8 Å². The Labute approximate surface area is 112 Å². The maximum absolute atomic E-state index is 12.2. The molecule has 1 heterocycles. The quantitative estimate of drug-likeness (QED) is 0.895. The lowest BCUT2D eigenvalue weighted by Gasteiger charge is -2.19. The second kappa shape index (κ2) is 5.93. The Kier molecular flexibility index (Phi) is 4.27. The van der Waals surface area contributed by atoms with Crippen LogP contribution in [0.1, 0.15) is 23.7 Å². The molecule has 1 aliphatic rings. The van der Waals surface area contributed by atoms with Gasteiger partial charge in [-0.1, -0.05) is 0 Å². The van der Waals surface area contributed by atoms with E-state index in [4.69, 9.17) is 9.47 Å². The fourth-order valence-corrected chi connectivity index (χ4v) is 2.00. The van der Waals surface area contributed by atoms with Crippen LogP contribution in [0, 0.1) is 0 Å². The Balaban J connectivity index is 2.17. The third kappa shape index (κ3) is 3.38. The number of aliphatic hydroxyl groups excluding tert-OH is 1. The molecule has 1 N–H and O–H groups in total. The van der Waals surface area contributed by atoms with Gasteiger partial charge in [-0.05, 0) is 25.1 Å². The van der Waals surface area contributed by atoms with E-state index in [0.29, 0.717) is 36.8 Å². The highest BCUT2D eigenvalue weighted by atomic mass is 16.5. The zero-order valence-corrected chi connectivity index (χ0v) is 11.3. The summed E-state index contributed by atoms with van der Waals surface area (Å²) in [5.74, 6) is 1.14. The summed E-state index contributed by atoms with van der Waals surface area (Å²) in [7, 11) is 1.66. The van der Waals surface area contributed by atoms with Crippen molar-refractivity contribution in [2.24, 2.45) is 0 Å². The van der Waals surface area contributed by atoms with Crippen molar-refractivity contribution >= 4 is 5.91 Å². The molecule has 19 heavy (non-hydrogen) atoms. The highest BCUT2D eigenvalue weighted by molar-refractivity contribution is 5.94. The zero-order chi connectivity index (χ0) is 13.8. The molecule has 1 aliphatic heterocycles. The summed E-state index contributed by atoms with van der Waals surface area (Å²) in [6.07, 6.45) is 0.286. The van der Waals surface area contributed by atoms with E-state index in [-0.39, 0.29) is 5.91 Å². The predicted octanol–water partition coefficient (Wildman–Crippen LogP) is 1.30. The van der Waals surface area contributed by atoms with Crippen LogP contribution < -0.4 is 9.47 Å². The molecular formula is C14H19NO4. The molecule has 0 bridgehead atoms. The number of amides is 1. The Morgan fingerprint density at radius 1 is 1.37 bits per heavy atom. The number of carbonyl (C=O) groups is 1. The normalized spacial score (nSPS) is 15.5. The minimum atomic E-state index is -0.547. The first kappa shape index (κ1) is 13.7. The van der Waals surface area contributed by atoms with E-state index in [1.807, 2.05) is 0 Å². The van der Waals surface area contributed by atoms with Crippen molar-refractivity contribution in [1.29, 1.82) is 0 Å². The Bertz CT molecular complexity index is 459. The van der Waals surface area contributed by atoms with Gasteiger partial charge >= 0.3 is 0 Å². The standard InChI is InChI=1S/C14H19NO4/c1-10(16)9-15(2)14(17)11-4-5-12-13(8-11)19-7-3-6-18-12/h4-5,8,10,16H,3,6-7,9H2,1-2H3. The molecule has 5 heteroatoms. The Morgan fingerprint density at radius 3 is 2.74 bits per heavy atom. The second-order valence-electron chi connectivity index (χ2n) is 4.75. The molecule has 0 saturated carbocycles. The molecule has 0 spiro atoms. The molecule has 2 rings (SSSR count). The van der Waals surface area contributed by atoms with Gasteiger partial charge in [-0.15, -0.1) is 0 Å². The van der Waals surface area contributed by atoms with E-state index in [0.717, 1.165) is 6.42 Å². The molecule has 5 nitrogen and oxygen atoms in total. The lowest BCUT2D eigenvalue weighted by molar-refractivity contribution is 0.0703. The van der Waals surface area contributed by atoms with Crippen molar-refractivity contribution in [2.75, 3.05) is 26.8 Å². The number of aliphatic hydroxyl groups is 1. The average Bonchev–Trinajstić information content (AvgIpc) is 2.61. The second-order valence-corrected chi connectivity index (χ2v) is 4.75. The van der Waals surface area contributed by atoms with Crippen molar-refractivity contribution in [1.82, 2.24) is 4.90 Å². The maximum Gasteiger partial charge on any atom is 0.253 e. The molecule has 104 valence electrons. The summed E-state index contributed by atoms with van der Waals surface area (Å²) in [6.45, 7) is 3.17. The van der Waals surface area contributed by atoms with Crippen LogP contribution >= 0.6 is 0 Å². The summed E-state index contributed by atoms with van der Waals surface area (Å²) >= 11 is 0. The highest BCUT2D eigenvalue weighted by Crippen LogP contribution is 2.30. The van der Waals surface area contributed by atoms with Gasteiger partial charge in [-0.2, -0.15) is 0 Å². The van der Waals surface area contributed by atoms with Crippen LogP contribution in [0.2, 0.25) is 0 Å². The van der Waals surface area contributed by atoms with E-state index in [1.54, 1.807) is 32.2 Å². The maximum atomic E-state index is 12.2. The third-order valence-corrected chi connectivity index (χ3v) is 2.88. The lowest BCUT2D eigenvalue weighted by atomic mass is 10.1. The molecule has 1 aromatic rings. The van der Waals surface area contributed by atoms with E-state index >= 15 is 0 Å². The number of benzene rings is 1. The minimum Gasteiger partial charge on any atom is -0.490 e. The van der Waals surface area contributed by atoms with Gasteiger partial charge in [0.15, 0.2) is 11.5 Å². The SMILES string of the molecule is CC(O)CN(C)C(=O)c1ccc2c(c1)OCCCO2. The summed E-state index contributed by atoms with van der Waals surface area (Å²) < 4.78 is 11.1. The molecule has 0 aliphatic carbocycles. The first-order valence-corrected chi connectivity index (χ1v) is 6.41. The molecule has 0 fully saturated rings. The van der Waals surface area contributed by atoms with Crippen LogP contribution in [-0.4, -0.2) is 48.8 Å². The van der Waals surface area contributed by atoms with Gasteiger partial charge in [0.25, 0.3) is 5.91 Å². The third-order valence-electron chi connectivity index (χ3n) is 2.88. The summed E-state index contributed by atoms with van der Waals surface area (Å²) in [4.78, 5) is 13.7. The molecule has 0 saturated heterocycles. The van der Waals surface area contributed by atoms with Crippen LogP contribution in [0.5, 0.6) is 11.5 Å². The van der Waals surface area contributed by atoms with Crippen LogP contribution in [-0.2, 0) is 0 Å². The topological polar surface area (TPSA) is 59.0 Å². The number of fused-ring (bicyclic) bond motifs is 1. The lowest BCUT2D eigenvalue weighted by Crippen LogP contribution is -2.33. The van der Waals surface area contributed by atoms with E-state index in [9.17, 15) is 9.90 Å². The Morgan fingerprint density at radius 2 is 2.05 bits per heavy atom. The molecular weight excluding hydrogens is 246 g/mol. The van der Waals surface area contributed by atoms with Crippen molar-refractivity contribution in [3.63, 3.8) is 0 Å². The zero-order valence-electron chi connectivity index (χ0n) is 11.3. The van der Waals surface area contributed by atoms with Gasteiger partial charge in [0.2, 0.25) is 0 Å². The number of rotatable bonds is 3. The van der Waals surface area contributed by atoms with E-state index in [2.05, 4.69) is 0 Å². The van der Waals surface area contributed by atoms with E-state index in [1.165, 1.54) is 4.90 Å². The minimum absolute atomic E-state index is 0.142. The number of likely N-dealkylation sites (N-methyl/N-ethyl adjacent to an activating group) is 1. The number of nitrogens with zero attached hydrogens (tertiary/aromatic N) is 1. The molecule has 0 radical (unpaired) electrons. The van der Waals surface area contributed by atoms with Crippen molar-refractivity contribution in [3.8, 4) is 11.5 Å². The molecule has 0 aromatic heterocycles. The smallest absolute Gasteiger partial charge is 0.253 e. The van der Waals surface area contributed by atoms with Crippen LogP contribution in [0.25, 0.3) is 0 Å². The number of carbonyl (C=O) groups excluding carboxylic acids is 1. The van der Waals surface area contributed by atoms with E-state index < -0.39 is 6.10 Å². The largest absolute Gasteiger partial charge is 0.490 e. The molecule has 1 aromatic carbocycles. The first-order chi connectivity index (χ1) is 9.08. The van der Waals surface area contributed by atoms with Gasteiger partial charge in [0.1, 0.15) is 0 Å². The Hall–Kier alpha value is -1.75. The van der Waals surface area contributed by atoms with Gasteiger partial charge in [-0.3, -0.25) is 4.79 Å². The first-order valence-electron chi connectivity index (χ1n) is 6.41.